The third-order valence-corrected chi connectivity index (χ3v) is 13.4. The molecule has 0 amide bonds. The summed E-state index contributed by atoms with van der Waals surface area (Å²) in [7, 11) is -6.39. The van der Waals surface area contributed by atoms with E-state index in [-0.39, 0.29) is 0 Å². The van der Waals surface area contributed by atoms with Crippen molar-refractivity contribution in [1.29, 1.82) is 0 Å². The van der Waals surface area contributed by atoms with Gasteiger partial charge in [0.05, 0.1) is 0 Å². The summed E-state index contributed by atoms with van der Waals surface area (Å²) in [6, 6.07) is 15.7. The fourth-order valence-electron chi connectivity index (χ4n) is 7.11. The highest BCUT2D eigenvalue weighted by Crippen LogP contribution is 2.48. The Morgan fingerprint density at radius 2 is 0.451 bits per heavy atom. The second-order valence-electron chi connectivity index (χ2n) is 17.4. The largest absolute Gasteiger partial charge is 0.222 e. The van der Waals surface area contributed by atoms with Gasteiger partial charge in [-0.1, -0.05) is 161 Å². The average Bonchev–Trinajstić information content (AvgIpc) is 2.98. The van der Waals surface area contributed by atoms with Crippen LogP contribution in [-0.2, 0) is 0 Å². The first-order valence-electron chi connectivity index (χ1n) is 19.3. The Bertz CT molecular complexity index is 1320. The van der Waals surface area contributed by atoms with E-state index in [1.165, 1.54) is 16.7 Å². The maximum absolute atomic E-state index is 8.49. The fourth-order valence-corrected chi connectivity index (χ4v) is 11.8. The molecular formula is C45H70ClO4P. The first-order valence-corrected chi connectivity index (χ1v) is 22.1. The summed E-state index contributed by atoms with van der Waals surface area (Å²) in [4.78, 5) is 0. The summed E-state index contributed by atoms with van der Waals surface area (Å²) in [5.41, 5.74) is 14.0. The lowest BCUT2D eigenvalue weighted by Gasteiger charge is -2.31. The molecule has 51 heavy (non-hydrogen) atoms. The van der Waals surface area contributed by atoms with E-state index in [1.54, 1.807) is 49.3 Å². The molecule has 0 fully saturated rings. The molecule has 0 saturated carbocycles. The maximum Gasteiger partial charge on any atom is 0.109 e. The zero-order chi connectivity index (χ0) is 39.4. The molecule has 3 rings (SSSR count). The molecule has 3 aromatic carbocycles. The predicted molar refractivity (Wildman–Crippen MR) is 213 cm³/mol. The predicted octanol–water partition coefficient (Wildman–Crippen LogP) is 8.53. The van der Waals surface area contributed by atoms with Crippen LogP contribution in [0.3, 0.4) is 0 Å². The second-order valence-corrected chi connectivity index (χ2v) is 20.4. The van der Waals surface area contributed by atoms with Crippen LogP contribution in [0.2, 0.25) is 0 Å². The van der Waals surface area contributed by atoms with Crippen molar-refractivity contribution in [3.63, 3.8) is 0 Å². The number of rotatable bonds is 12. The van der Waals surface area contributed by atoms with Crippen LogP contribution in [0.4, 0.5) is 0 Å². The normalized spacial score (nSPS) is 12.7. The molecule has 0 bridgehead atoms. The van der Waals surface area contributed by atoms with Crippen molar-refractivity contribution in [3.8, 4) is 0 Å². The number of hydrogen-bond donors (Lipinski definition) is 0. The van der Waals surface area contributed by atoms with Crippen LogP contribution in [0.25, 0.3) is 0 Å². The van der Waals surface area contributed by atoms with Crippen molar-refractivity contribution >= 4 is 23.8 Å². The van der Waals surface area contributed by atoms with Gasteiger partial charge in [-0.2, -0.15) is 0 Å². The Hall–Kier alpha value is -1.78. The number of benzene rings is 3. The van der Waals surface area contributed by atoms with E-state index in [0.717, 1.165) is 0 Å². The van der Waals surface area contributed by atoms with Crippen LogP contribution >= 0.6 is 7.92 Å². The maximum atomic E-state index is 8.49. The van der Waals surface area contributed by atoms with Gasteiger partial charge < -0.3 is 0 Å². The van der Waals surface area contributed by atoms with Gasteiger partial charge in [0.15, 0.2) is 0 Å². The van der Waals surface area contributed by atoms with Gasteiger partial charge in [0, 0.05) is 0 Å². The Kier molecular flexibility index (Phi) is 16.5. The van der Waals surface area contributed by atoms with Gasteiger partial charge in [-0.25, -0.2) is 18.6 Å². The van der Waals surface area contributed by atoms with E-state index >= 15 is 0 Å². The summed E-state index contributed by atoms with van der Waals surface area (Å²) >= 11 is 0. The molecular weight excluding hydrogens is 671 g/mol. The summed E-state index contributed by atoms with van der Waals surface area (Å²) in [5.74, 6) is 4.22. The lowest BCUT2D eigenvalue weighted by molar-refractivity contribution is -2.00. The van der Waals surface area contributed by atoms with E-state index < -0.39 is 18.2 Å². The Morgan fingerprint density at radius 3 is 0.549 bits per heavy atom. The van der Waals surface area contributed by atoms with Crippen LogP contribution in [-0.4, -0.2) is 0 Å². The summed E-state index contributed by atoms with van der Waals surface area (Å²) in [6.45, 7) is 43.5. The minimum absolute atomic E-state index is 0.450. The van der Waals surface area contributed by atoms with Gasteiger partial charge in [0.1, 0.15) is 23.8 Å². The first-order chi connectivity index (χ1) is 23.3. The average molecular weight is 741 g/mol. The SMILES string of the molecule is CC(C)c1cc(C(C)C)c([PH+](c2c(C(C)C)cc(C(C)C)cc2C(C)C)c2c(C(C)C)cc(C(C)C)cc2C(C)C)c(C(C)C)c1.[O-][Cl+3]([O-])([O-])[O-]. The minimum Gasteiger partial charge on any atom is -0.222 e. The molecule has 6 heteroatoms. The Morgan fingerprint density at radius 1 is 0.314 bits per heavy atom. The Balaban J connectivity index is 0.00000168. The van der Waals surface area contributed by atoms with Gasteiger partial charge in [0.25, 0.3) is 0 Å². The molecule has 0 aliphatic carbocycles. The molecule has 0 heterocycles. The zero-order valence-electron chi connectivity index (χ0n) is 35.2. The van der Waals surface area contributed by atoms with Gasteiger partial charge in [-0.3, -0.25) is 0 Å². The second kappa shape index (κ2) is 18.5. The van der Waals surface area contributed by atoms with Gasteiger partial charge in [-0.05, 0) is 103 Å². The quantitative estimate of drug-likeness (QED) is 0.174. The minimum atomic E-state index is -4.94. The van der Waals surface area contributed by atoms with E-state index in [2.05, 4.69) is 161 Å². The van der Waals surface area contributed by atoms with E-state index in [0.29, 0.717) is 53.3 Å². The molecule has 0 unspecified atom stereocenters. The van der Waals surface area contributed by atoms with E-state index in [4.69, 9.17) is 18.6 Å². The van der Waals surface area contributed by atoms with Crippen molar-refractivity contribution in [2.24, 2.45) is 0 Å². The van der Waals surface area contributed by atoms with E-state index in [1.807, 2.05) is 0 Å². The highest BCUT2D eigenvalue weighted by molar-refractivity contribution is 7.80. The molecule has 0 atom stereocenters. The van der Waals surface area contributed by atoms with Crippen molar-refractivity contribution in [2.75, 3.05) is 0 Å². The lowest BCUT2D eigenvalue weighted by Crippen LogP contribution is -2.68. The molecule has 0 aliphatic heterocycles. The Labute approximate surface area is 316 Å². The van der Waals surface area contributed by atoms with Crippen LogP contribution < -0.4 is 34.5 Å². The van der Waals surface area contributed by atoms with Gasteiger partial charge >= 0.3 is 0 Å². The highest BCUT2D eigenvalue weighted by atomic mass is 35.7. The molecule has 0 saturated heterocycles. The molecule has 4 nitrogen and oxygen atoms in total. The van der Waals surface area contributed by atoms with Crippen LogP contribution in [0.15, 0.2) is 36.4 Å². The molecule has 3 aromatic rings. The lowest BCUT2D eigenvalue weighted by atomic mass is 9.89. The fraction of sp³-hybridized carbons (Fsp3) is 0.600. The summed E-state index contributed by atoms with van der Waals surface area (Å²) in [5, 5.41) is 5.05. The van der Waals surface area contributed by atoms with Crippen molar-refractivity contribution in [3.05, 3.63) is 86.5 Å². The molecule has 0 aromatic heterocycles. The number of halogens is 1. The standard InChI is InChI=1S/C45H69P.ClHO4/c1-25(2)34-19-37(28(7)8)43(38(20-34)29(9)10)46(44-39(30(11)12)21-35(26(3)4)22-40(44)31(13)14)45-41(32(15)16)23-36(27(5)6)24-42(45)33(17)18;2-1(3,4)5/h19-33H,1-18H3;(H,2,3,4,5). The monoisotopic (exact) mass is 740 g/mol. The zero-order valence-corrected chi connectivity index (χ0v) is 36.9. The van der Waals surface area contributed by atoms with Crippen LogP contribution in [0.1, 0.15) is 228 Å². The van der Waals surface area contributed by atoms with Gasteiger partial charge in [-0.15, -0.1) is 10.2 Å². The number of hydrogen-bond acceptors (Lipinski definition) is 4. The van der Waals surface area contributed by atoms with Crippen LogP contribution in [0, 0.1) is 10.2 Å². The molecule has 0 radical (unpaired) electrons. The third kappa shape index (κ3) is 11.6. The molecule has 0 spiro atoms. The smallest absolute Gasteiger partial charge is 0.109 e. The van der Waals surface area contributed by atoms with Crippen molar-refractivity contribution in [2.45, 2.75) is 178 Å². The molecule has 286 valence electrons. The van der Waals surface area contributed by atoms with Crippen LogP contribution in [0.5, 0.6) is 0 Å². The van der Waals surface area contributed by atoms with Gasteiger partial charge in [0.2, 0.25) is 0 Å². The van der Waals surface area contributed by atoms with Crippen molar-refractivity contribution < 1.29 is 28.9 Å². The summed E-state index contributed by atoms with van der Waals surface area (Å²) in [6.07, 6.45) is 0. The topological polar surface area (TPSA) is 92.2 Å². The molecule has 0 N–H and O–H groups in total. The first kappa shape index (κ1) is 45.4. The van der Waals surface area contributed by atoms with Crippen molar-refractivity contribution in [1.82, 2.24) is 0 Å². The molecule has 0 aliphatic rings. The van der Waals surface area contributed by atoms with E-state index in [9.17, 15) is 0 Å². The highest BCUT2D eigenvalue weighted by Gasteiger charge is 2.41. The summed E-state index contributed by atoms with van der Waals surface area (Å²) < 4.78 is 34.0. The third-order valence-electron chi connectivity index (χ3n) is 10.1.